The summed E-state index contributed by atoms with van der Waals surface area (Å²) in [6.45, 7) is 1.74. The van der Waals surface area contributed by atoms with Crippen molar-refractivity contribution < 1.29 is 23.4 Å². The summed E-state index contributed by atoms with van der Waals surface area (Å²) in [5.41, 5.74) is 0.988. The minimum Gasteiger partial charge on any atom is -0.507 e. The van der Waals surface area contributed by atoms with E-state index in [0.29, 0.717) is 11.3 Å². The van der Waals surface area contributed by atoms with Gasteiger partial charge in [0.05, 0.1) is 16.3 Å². The van der Waals surface area contributed by atoms with Crippen molar-refractivity contribution in [2.45, 2.75) is 11.8 Å². The Labute approximate surface area is 166 Å². The van der Waals surface area contributed by atoms with E-state index in [1.54, 1.807) is 19.1 Å². The van der Waals surface area contributed by atoms with Crippen LogP contribution in [-0.4, -0.2) is 29.6 Å². The molecule has 0 aliphatic rings. The number of benzene rings is 2. The standard InChI is InChI=1S/C19H16N4O5S/c1-12-3-2-10-20-18(12)23-29(27,28)15-7-4-13(5-8-15)21-22-14-6-9-17(24)16(11-14)19(25)26/h2-11,24H,1H3,(H,20,23)(H,25,26). The second-order valence-electron chi connectivity index (χ2n) is 5.97. The van der Waals surface area contributed by atoms with Crippen LogP contribution in [0, 0.1) is 6.92 Å². The number of phenols is 1. The van der Waals surface area contributed by atoms with Crippen molar-refractivity contribution in [1.82, 2.24) is 4.98 Å². The molecule has 3 rings (SSSR count). The van der Waals surface area contributed by atoms with Crippen LogP contribution in [-0.2, 0) is 10.0 Å². The monoisotopic (exact) mass is 412 g/mol. The predicted octanol–water partition coefficient (Wildman–Crippen LogP) is 4.01. The van der Waals surface area contributed by atoms with Crippen LogP contribution in [0.15, 0.2) is 75.9 Å². The lowest BCUT2D eigenvalue weighted by molar-refractivity contribution is 0.0693. The van der Waals surface area contributed by atoms with Gasteiger partial charge in [-0.05, 0) is 61.0 Å². The Morgan fingerprint density at radius 2 is 1.69 bits per heavy atom. The minimum atomic E-state index is -3.82. The van der Waals surface area contributed by atoms with Gasteiger partial charge in [-0.25, -0.2) is 18.2 Å². The number of hydrogen-bond donors (Lipinski definition) is 3. The Hall–Kier alpha value is -3.79. The Morgan fingerprint density at radius 3 is 2.34 bits per heavy atom. The second kappa shape index (κ2) is 8.07. The van der Waals surface area contributed by atoms with Crippen molar-refractivity contribution in [3.8, 4) is 5.75 Å². The normalized spacial score (nSPS) is 11.5. The van der Waals surface area contributed by atoms with E-state index in [4.69, 9.17) is 5.11 Å². The third-order valence-corrected chi connectivity index (χ3v) is 5.23. The SMILES string of the molecule is Cc1cccnc1NS(=O)(=O)c1ccc(N=Nc2ccc(O)c(C(=O)O)c2)cc1. The first-order chi connectivity index (χ1) is 13.8. The zero-order valence-electron chi connectivity index (χ0n) is 15.1. The molecule has 9 nitrogen and oxygen atoms in total. The third kappa shape index (κ3) is 4.74. The van der Waals surface area contributed by atoms with Crippen LogP contribution in [0.25, 0.3) is 0 Å². The molecule has 0 atom stereocenters. The number of nitrogens with zero attached hydrogens (tertiary/aromatic N) is 3. The van der Waals surface area contributed by atoms with E-state index in [2.05, 4.69) is 19.9 Å². The molecule has 0 saturated heterocycles. The molecule has 29 heavy (non-hydrogen) atoms. The van der Waals surface area contributed by atoms with E-state index in [1.165, 1.54) is 48.7 Å². The Morgan fingerprint density at radius 1 is 1.03 bits per heavy atom. The van der Waals surface area contributed by atoms with Gasteiger partial charge in [0.2, 0.25) is 0 Å². The van der Waals surface area contributed by atoms with Crippen molar-refractivity contribution in [1.29, 1.82) is 0 Å². The molecule has 0 radical (unpaired) electrons. The summed E-state index contributed by atoms with van der Waals surface area (Å²) >= 11 is 0. The van der Waals surface area contributed by atoms with Crippen LogP contribution in [0.5, 0.6) is 5.75 Å². The van der Waals surface area contributed by atoms with Crippen LogP contribution in [0.2, 0.25) is 0 Å². The average Bonchev–Trinajstić information content (AvgIpc) is 2.69. The smallest absolute Gasteiger partial charge is 0.339 e. The maximum atomic E-state index is 12.5. The third-order valence-electron chi connectivity index (χ3n) is 3.88. The molecule has 1 heterocycles. The van der Waals surface area contributed by atoms with Crippen LogP contribution in [0.4, 0.5) is 17.2 Å². The van der Waals surface area contributed by atoms with Gasteiger partial charge in [0.25, 0.3) is 10.0 Å². The molecule has 1 aromatic heterocycles. The summed E-state index contributed by atoms with van der Waals surface area (Å²) in [7, 11) is -3.82. The van der Waals surface area contributed by atoms with Gasteiger partial charge in [-0.2, -0.15) is 10.2 Å². The highest BCUT2D eigenvalue weighted by Crippen LogP contribution is 2.26. The fourth-order valence-electron chi connectivity index (χ4n) is 2.34. The van der Waals surface area contributed by atoms with Crippen LogP contribution in [0.1, 0.15) is 15.9 Å². The van der Waals surface area contributed by atoms with Crippen molar-refractivity contribution in [2.75, 3.05) is 4.72 Å². The van der Waals surface area contributed by atoms with Gasteiger partial charge in [-0.1, -0.05) is 6.07 Å². The molecule has 0 aliphatic heterocycles. The van der Waals surface area contributed by atoms with Crippen LogP contribution < -0.4 is 4.72 Å². The lowest BCUT2D eigenvalue weighted by Crippen LogP contribution is -2.14. The lowest BCUT2D eigenvalue weighted by atomic mass is 10.2. The highest BCUT2D eigenvalue weighted by atomic mass is 32.2. The van der Waals surface area contributed by atoms with Gasteiger partial charge in [-0.3, -0.25) is 4.72 Å². The molecule has 0 fully saturated rings. The first-order valence-corrected chi connectivity index (χ1v) is 9.77. The number of carbonyl (C=O) groups is 1. The predicted molar refractivity (Wildman–Crippen MR) is 105 cm³/mol. The number of aromatic nitrogens is 1. The summed E-state index contributed by atoms with van der Waals surface area (Å²) in [5.74, 6) is -1.41. The molecule has 148 valence electrons. The summed E-state index contributed by atoms with van der Waals surface area (Å²) < 4.78 is 27.4. The number of sulfonamides is 1. The number of nitrogens with one attached hydrogen (secondary N) is 1. The Balaban J connectivity index is 1.78. The van der Waals surface area contributed by atoms with Crippen LogP contribution >= 0.6 is 0 Å². The average molecular weight is 412 g/mol. The maximum Gasteiger partial charge on any atom is 0.339 e. The van der Waals surface area contributed by atoms with Crippen molar-refractivity contribution in [2.24, 2.45) is 10.2 Å². The van der Waals surface area contributed by atoms with E-state index in [0.717, 1.165) is 0 Å². The number of aromatic carboxylic acids is 1. The molecule has 0 unspecified atom stereocenters. The van der Waals surface area contributed by atoms with Gasteiger partial charge in [0.1, 0.15) is 17.1 Å². The zero-order valence-corrected chi connectivity index (χ0v) is 16.0. The van der Waals surface area contributed by atoms with Gasteiger partial charge in [0, 0.05) is 6.20 Å². The molecule has 0 amide bonds. The molecule has 10 heteroatoms. The Kier molecular flexibility index (Phi) is 5.55. The van der Waals surface area contributed by atoms with Gasteiger partial charge < -0.3 is 10.2 Å². The van der Waals surface area contributed by atoms with Gasteiger partial charge in [-0.15, -0.1) is 0 Å². The molecule has 2 aromatic carbocycles. The molecular formula is C19H16N4O5S. The fraction of sp³-hybridized carbons (Fsp3) is 0.0526. The maximum absolute atomic E-state index is 12.5. The quantitative estimate of drug-likeness (QED) is 0.522. The molecule has 3 N–H and O–H groups in total. The largest absolute Gasteiger partial charge is 0.507 e. The highest BCUT2D eigenvalue weighted by molar-refractivity contribution is 7.92. The zero-order chi connectivity index (χ0) is 21.0. The van der Waals surface area contributed by atoms with Gasteiger partial charge >= 0.3 is 5.97 Å². The van der Waals surface area contributed by atoms with E-state index in [1.807, 2.05) is 0 Å². The van der Waals surface area contributed by atoms with Crippen molar-refractivity contribution in [3.63, 3.8) is 0 Å². The topological polar surface area (TPSA) is 141 Å². The number of rotatable bonds is 6. The number of azo groups is 1. The summed E-state index contributed by atoms with van der Waals surface area (Å²) in [4.78, 5) is 15.1. The molecule has 3 aromatic rings. The van der Waals surface area contributed by atoms with E-state index in [9.17, 15) is 18.3 Å². The van der Waals surface area contributed by atoms with Crippen molar-refractivity contribution >= 4 is 33.2 Å². The summed E-state index contributed by atoms with van der Waals surface area (Å²) in [5, 5.41) is 26.4. The molecule has 0 bridgehead atoms. The number of aryl methyl sites for hydroxylation is 1. The van der Waals surface area contributed by atoms with E-state index >= 15 is 0 Å². The fourth-order valence-corrected chi connectivity index (χ4v) is 3.42. The minimum absolute atomic E-state index is 0.0271. The first kappa shape index (κ1) is 20.0. The second-order valence-corrected chi connectivity index (χ2v) is 7.66. The summed E-state index contributed by atoms with van der Waals surface area (Å²) in [6.07, 6.45) is 1.49. The lowest BCUT2D eigenvalue weighted by Gasteiger charge is -2.09. The van der Waals surface area contributed by atoms with Crippen LogP contribution in [0.3, 0.4) is 0 Å². The first-order valence-electron chi connectivity index (χ1n) is 8.29. The van der Waals surface area contributed by atoms with Gasteiger partial charge in [0.15, 0.2) is 0 Å². The molecule has 0 aliphatic carbocycles. The van der Waals surface area contributed by atoms with E-state index < -0.39 is 16.0 Å². The number of carboxylic acid groups (broad SMARTS) is 1. The summed E-state index contributed by atoms with van der Waals surface area (Å²) in [6, 6.07) is 12.9. The molecule has 0 spiro atoms. The Bertz CT molecular complexity index is 1190. The van der Waals surface area contributed by atoms with Crippen molar-refractivity contribution in [3.05, 3.63) is 71.9 Å². The molecular weight excluding hydrogens is 396 g/mol. The number of hydrogen-bond acceptors (Lipinski definition) is 7. The highest BCUT2D eigenvalue weighted by Gasteiger charge is 2.16. The number of pyridine rings is 1. The molecule has 0 saturated carbocycles. The van der Waals surface area contributed by atoms with E-state index in [-0.39, 0.29) is 27.7 Å². The number of aromatic hydroxyl groups is 1. The number of anilines is 1. The number of carboxylic acids is 1.